The summed E-state index contributed by atoms with van der Waals surface area (Å²) in [6, 6.07) is 14.5. The second-order valence-electron chi connectivity index (χ2n) is 7.00. The summed E-state index contributed by atoms with van der Waals surface area (Å²) in [5, 5.41) is 11.4. The number of rotatable bonds is 3. The molecule has 0 unspecified atom stereocenters. The first-order valence-corrected chi connectivity index (χ1v) is 9.19. The third-order valence-corrected chi connectivity index (χ3v) is 5.16. The molecule has 1 amide bonds. The fraction of sp³-hybridized carbons (Fsp3) is 0.273. The van der Waals surface area contributed by atoms with Crippen molar-refractivity contribution in [3.05, 3.63) is 60.4 Å². The number of hydrogen-bond acceptors (Lipinski definition) is 3. The monoisotopic (exact) mass is 362 g/mol. The Hall–Kier alpha value is -3.08. The minimum absolute atomic E-state index is 0.0715. The number of carbonyl (C=O) groups is 1. The van der Waals surface area contributed by atoms with E-state index >= 15 is 0 Å². The lowest BCUT2D eigenvalue weighted by Crippen LogP contribution is -2.41. The number of amides is 1. The quantitative estimate of drug-likeness (QED) is 0.731. The second-order valence-corrected chi connectivity index (χ2v) is 7.00. The molecule has 1 aliphatic rings. The number of aryl methyl sites for hydroxylation is 1. The summed E-state index contributed by atoms with van der Waals surface area (Å²) in [5.74, 6) is 0.827. The molecule has 138 valence electrons. The molecular formula is C22H22N2O3. The number of pyridine rings is 1. The third-order valence-electron chi connectivity index (χ3n) is 5.16. The molecule has 4 rings (SSSR count). The molecule has 27 heavy (non-hydrogen) atoms. The highest BCUT2D eigenvalue weighted by molar-refractivity contribution is 5.89. The van der Waals surface area contributed by atoms with E-state index in [-0.39, 0.29) is 6.10 Å². The van der Waals surface area contributed by atoms with E-state index in [9.17, 15) is 4.79 Å². The predicted octanol–water partition coefficient (Wildman–Crippen LogP) is 4.73. The van der Waals surface area contributed by atoms with Crippen LogP contribution in [0.1, 0.15) is 18.4 Å². The summed E-state index contributed by atoms with van der Waals surface area (Å²) in [4.78, 5) is 16.7. The van der Waals surface area contributed by atoms with Crippen molar-refractivity contribution in [1.29, 1.82) is 0 Å². The number of nitrogens with zero attached hydrogens (tertiary/aromatic N) is 2. The summed E-state index contributed by atoms with van der Waals surface area (Å²) in [6.07, 6.45) is 4.46. The number of carboxylic acid groups (broad SMARTS) is 1. The lowest BCUT2D eigenvalue weighted by molar-refractivity contribution is 0.0895. The number of hydrogen-bond donors (Lipinski definition) is 1. The van der Waals surface area contributed by atoms with Gasteiger partial charge in [-0.25, -0.2) is 4.79 Å². The van der Waals surface area contributed by atoms with Crippen LogP contribution in [-0.2, 0) is 0 Å². The number of likely N-dealkylation sites (tertiary alicyclic amines) is 1. The highest BCUT2D eigenvalue weighted by Gasteiger charge is 2.23. The molecule has 5 heteroatoms. The van der Waals surface area contributed by atoms with E-state index in [0.717, 1.165) is 35.1 Å². The fourth-order valence-corrected chi connectivity index (χ4v) is 3.57. The lowest BCUT2D eigenvalue weighted by atomic mass is 10.0. The standard InChI is InChI=1S/C22H22N2O3/c1-15-13-23-14-18-3-2-17(12-21(15)18)16-4-6-19(7-5-16)27-20-8-10-24(11-9-20)22(25)26/h2-7,12-14,20H,8-11H2,1H3,(H,25,26). The van der Waals surface area contributed by atoms with Crippen LogP contribution in [-0.4, -0.2) is 40.3 Å². The Bertz CT molecular complexity index is 961. The van der Waals surface area contributed by atoms with Crippen molar-refractivity contribution in [2.75, 3.05) is 13.1 Å². The van der Waals surface area contributed by atoms with Gasteiger partial charge in [0.1, 0.15) is 11.9 Å². The van der Waals surface area contributed by atoms with Gasteiger partial charge < -0.3 is 14.7 Å². The lowest BCUT2D eigenvalue weighted by Gasteiger charge is -2.30. The molecule has 5 nitrogen and oxygen atoms in total. The second kappa shape index (κ2) is 7.27. The molecule has 0 saturated carbocycles. The highest BCUT2D eigenvalue weighted by Crippen LogP contribution is 2.28. The fourth-order valence-electron chi connectivity index (χ4n) is 3.57. The first-order valence-electron chi connectivity index (χ1n) is 9.19. The normalized spacial score (nSPS) is 15.1. The van der Waals surface area contributed by atoms with E-state index in [1.807, 2.05) is 24.5 Å². The Labute approximate surface area is 158 Å². The number of ether oxygens (including phenoxy) is 1. The molecule has 2 aromatic carbocycles. The molecule has 0 spiro atoms. The van der Waals surface area contributed by atoms with Crippen LogP contribution in [0.4, 0.5) is 4.79 Å². The highest BCUT2D eigenvalue weighted by atomic mass is 16.5. The van der Waals surface area contributed by atoms with Crippen molar-refractivity contribution < 1.29 is 14.6 Å². The van der Waals surface area contributed by atoms with Crippen molar-refractivity contribution in [3.63, 3.8) is 0 Å². The Kier molecular flexibility index (Phi) is 4.67. The molecule has 0 bridgehead atoms. The number of benzene rings is 2. The first kappa shape index (κ1) is 17.3. The van der Waals surface area contributed by atoms with Gasteiger partial charge in [-0.2, -0.15) is 0 Å². The number of piperidine rings is 1. The minimum Gasteiger partial charge on any atom is -0.490 e. The number of aromatic nitrogens is 1. The van der Waals surface area contributed by atoms with Crippen LogP contribution in [0.2, 0.25) is 0 Å². The zero-order chi connectivity index (χ0) is 18.8. The Morgan fingerprint density at radius 3 is 2.48 bits per heavy atom. The number of fused-ring (bicyclic) bond motifs is 1. The average molecular weight is 362 g/mol. The SMILES string of the molecule is Cc1cncc2ccc(-c3ccc(OC4CCN(C(=O)O)CC4)cc3)cc12. The van der Waals surface area contributed by atoms with Crippen molar-refractivity contribution >= 4 is 16.9 Å². The maximum atomic E-state index is 11.0. The van der Waals surface area contributed by atoms with E-state index in [0.29, 0.717) is 13.1 Å². The van der Waals surface area contributed by atoms with Gasteiger partial charge in [-0.1, -0.05) is 24.3 Å². The van der Waals surface area contributed by atoms with Crippen LogP contribution in [0.15, 0.2) is 54.9 Å². The van der Waals surface area contributed by atoms with Crippen LogP contribution in [0.25, 0.3) is 21.9 Å². The van der Waals surface area contributed by atoms with Gasteiger partial charge in [-0.05, 0) is 47.2 Å². The van der Waals surface area contributed by atoms with E-state index in [1.165, 1.54) is 15.8 Å². The molecule has 3 aromatic rings. The Balaban J connectivity index is 1.46. The molecule has 2 heterocycles. The van der Waals surface area contributed by atoms with Crippen molar-refractivity contribution in [1.82, 2.24) is 9.88 Å². The molecule has 1 aromatic heterocycles. The zero-order valence-corrected chi connectivity index (χ0v) is 15.3. The zero-order valence-electron chi connectivity index (χ0n) is 15.3. The van der Waals surface area contributed by atoms with Crippen molar-refractivity contribution in [3.8, 4) is 16.9 Å². The van der Waals surface area contributed by atoms with Gasteiger partial charge >= 0.3 is 6.09 Å². The average Bonchev–Trinajstić information content (AvgIpc) is 2.69. The maximum Gasteiger partial charge on any atom is 0.407 e. The Morgan fingerprint density at radius 2 is 1.78 bits per heavy atom. The van der Waals surface area contributed by atoms with Crippen LogP contribution < -0.4 is 4.74 Å². The topological polar surface area (TPSA) is 62.7 Å². The third kappa shape index (κ3) is 3.72. The van der Waals surface area contributed by atoms with Gasteiger partial charge in [0.15, 0.2) is 0 Å². The molecule has 0 atom stereocenters. The van der Waals surface area contributed by atoms with Crippen LogP contribution >= 0.6 is 0 Å². The van der Waals surface area contributed by atoms with Gasteiger partial charge in [0.05, 0.1) is 0 Å². The summed E-state index contributed by atoms with van der Waals surface area (Å²) in [5.41, 5.74) is 3.47. The molecule has 1 N–H and O–H groups in total. The molecule has 1 aliphatic heterocycles. The molecule has 0 radical (unpaired) electrons. The van der Waals surface area contributed by atoms with E-state index in [4.69, 9.17) is 9.84 Å². The smallest absolute Gasteiger partial charge is 0.407 e. The van der Waals surface area contributed by atoms with E-state index in [2.05, 4.69) is 42.2 Å². The molecule has 0 aliphatic carbocycles. The van der Waals surface area contributed by atoms with Crippen molar-refractivity contribution in [2.45, 2.75) is 25.9 Å². The van der Waals surface area contributed by atoms with Gasteiger partial charge in [0.2, 0.25) is 0 Å². The summed E-state index contributed by atoms with van der Waals surface area (Å²) in [6.45, 7) is 3.14. The van der Waals surface area contributed by atoms with Gasteiger partial charge in [0.25, 0.3) is 0 Å². The summed E-state index contributed by atoms with van der Waals surface area (Å²) < 4.78 is 6.04. The summed E-state index contributed by atoms with van der Waals surface area (Å²) in [7, 11) is 0. The maximum absolute atomic E-state index is 11.0. The van der Waals surface area contributed by atoms with Gasteiger partial charge in [-0.15, -0.1) is 0 Å². The summed E-state index contributed by atoms with van der Waals surface area (Å²) >= 11 is 0. The predicted molar refractivity (Wildman–Crippen MR) is 105 cm³/mol. The van der Waals surface area contributed by atoms with Crippen LogP contribution in [0, 0.1) is 6.92 Å². The van der Waals surface area contributed by atoms with Gasteiger partial charge in [-0.3, -0.25) is 4.98 Å². The van der Waals surface area contributed by atoms with Gasteiger partial charge in [0, 0.05) is 43.7 Å². The Morgan fingerprint density at radius 1 is 1.07 bits per heavy atom. The molecule has 1 fully saturated rings. The van der Waals surface area contributed by atoms with E-state index in [1.54, 1.807) is 0 Å². The first-order chi connectivity index (χ1) is 13.1. The minimum atomic E-state index is -0.848. The molecule has 1 saturated heterocycles. The van der Waals surface area contributed by atoms with Crippen LogP contribution in [0.3, 0.4) is 0 Å². The van der Waals surface area contributed by atoms with Crippen LogP contribution in [0.5, 0.6) is 5.75 Å². The molecular weight excluding hydrogens is 340 g/mol. The largest absolute Gasteiger partial charge is 0.490 e. The van der Waals surface area contributed by atoms with Crippen molar-refractivity contribution in [2.24, 2.45) is 0 Å². The van der Waals surface area contributed by atoms with E-state index < -0.39 is 6.09 Å².